The average molecular weight is 360 g/mol. The van der Waals surface area contributed by atoms with E-state index in [4.69, 9.17) is 21.1 Å². The zero-order chi connectivity index (χ0) is 16.6. The smallest absolute Gasteiger partial charge is 0.254 e. The molecule has 2 aliphatic heterocycles. The summed E-state index contributed by atoms with van der Waals surface area (Å²) in [4.78, 5) is 14.4. The van der Waals surface area contributed by atoms with E-state index >= 15 is 0 Å². The Balaban J connectivity index is 1.88. The van der Waals surface area contributed by atoms with E-state index in [0.717, 1.165) is 0 Å². The van der Waals surface area contributed by atoms with Gasteiger partial charge < -0.3 is 14.4 Å². The molecule has 6 nitrogen and oxygen atoms in total. The Morgan fingerprint density at radius 2 is 2.09 bits per heavy atom. The Morgan fingerprint density at radius 3 is 2.74 bits per heavy atom. The number of nitrogens with zero attached hydrogens (tertiary/aromatic N) is 1. The summed E-state index contributed by atoms with van der Waals surface area (Å²) in [7, 11) is -3.05. The highest BCUT2D eigenvalue weighted by molar-refractivity contribution is 7.91. The van der Waals surface area contributed by atoms with Crippen molar-refractivity contribution in [1.82, 2.24) is 4.90 Å². The van der Waals surface area contributed by atoms with Crippen molar-refractivity contribution in [2.75, 3.05) is 31.3 Å². The van der Waals surface area contributed by atoms with E-state index < -0.39 is 9.84 Å². The van der Waals surface area contributed by atoms with Gasteiger partial charge in [-0.15, -0.1) is 0 Å². The van der Waals surface area contributed by atoms with E-state index in [1.807, 2.05) is 6.92 Å². The van der Waals surface area contributed by atoms with Crippen LogP contribution in [0.15, 0.2) is 12.1 Å². The predicted octanol–water partition coefficient (Wildman–Crippen LogP) is 1.76. The van der Waals surface area contributed by atoms with Crippen molar-refractivity contribution in [2.45, 2.75) is 19.4 Å². The second kappa shape index (κ2) is 6.20. The second-order valence-electron chi connectivity index (χ2n) is 5.63. The molecule has 0 bridgehead atoms. The lowest BCUT2D eigenvalue weighted by Gasteiger charge is -2.28. The first kappa shape index (κ1) is 16.4. The summed E-state index contributed by atoms with van der Waals surface area (Å²) >= 11 is 6.17. The van der Waals surface area contributed by atoms with Crippen LogP contribution in [0.2, 0.25) is 5.02 Å². The van der Waals surface area contributed by atoms with Gasteiger partial charge in [0, 0.05) is 18.2 Å². The molecule has 1 aromatic rings. The van der Waals surface area contributed by atoms with Crippen LogP contribution in [0.5, 0.6) is 11.5 Å². The van der Waals surface area contributed by atoms with E-state index in [9.17, 15) is 13.2 Å². The largest absolute Gasteiger partial charge is 0.486 e. The van der Waals surface area contributed by atoms with Crippen LogP contribution in [-0.2, 0) is 9.84 Å². The summed E-state index contributed by atoms with van der Waals surface area (Å²) in [5, 5.41) is 0.320. The van der Waals surface area contributed by atoms with Crippen molar-refractivity contribution < 1.29 is 22.7 Å². The van der Waals surface area contributed by atoms with Gasteiger partial charge in [-0.2, -0.15) is 0 Å². The second-order valence-corrected chi connectivity index (χ2v) is 8.27. The summed E-state index contributed by atoms with van der Waals surface area (Å²) in [6, 6.07) is 2.86. The zero-order valence-corrected chi connectivity index (χ0v) is 14.3. The summed E-state index contributed by atoms with van der Waals surface area (Å²) in [5.74, 6) is 0.797. The van der Waals surface area contributed by atoms with Crippen molar-refractivity contribution in [3.8, 4) is 11.5 Å². The molecule has 23 heavy (non-hydrogen) atoms. The molecular formula is C15H18ClNO5S. The van der Waals surface area contributed by atoms with E-state index in [1.54, 1.807) is 17.0 Å². The van der Waals surface area contributed by atoms with Gasteiger partial charge in [-0.05, 0) is 25.5 Å². The number of benzene rings is 1. The third kappa shape index (κ3) is 3.26. The number of halogens is 1. The number of amides is 1. The monoisotopic (exact) mass is 359 g/mol. The predicted molar refractivity (Wildman–Crippen MR) is 86.2 cm³/mol. The van der Waals surface area contributed by atoms with Crippen LogP contribution in [0.4, 0.5) is 0 Å². The van der Waals surface area contributed by atoms with E-state index in [2.05, 4.69) is 0 Å². The maximum Gasteiger partial charge on any atom is 0.254 e. The maximum atomic E-state index is 12.8. The van der Waals surface area contributed by atoms with Crippen molar-refractivity contribution in [2.24, 2.45) is 0 Å². The van der Waals surface area contributed by atoms with Crippen molar-refractivity contribution in [1.29, 1.82) is 0 Å². The van der Waals surface area contributed by atoms with E-state index in [-0.39, 0.29) is 23.5 Å². The topological polar surface area (TPSA) is 72.9 Å². The first-order chi connectivity index (χ1) is 10.9. The summed E-state index contributed by atoms with van der Waals surface area (Å²) in [6.07, 6.45) is 0.472. The Bertz CT molecular complexity index is 734. The van der Waals surface area contributed by atoms with Crippen LogP contribution < -0.4 is 9.47 Å². The van der Waals surface area contributed by atoms with Gasteiger partial charge in [0.15, 0.2) is 21.3 Å². The number of carbonyl (C=O) groups excluding carboxylic acids is 1. The van der Waals surface area contributed by atoms with Crippen LogP contribution in [0, 0.1) is 0 Å². The normalized spacial score (nSPS) is 21.9. The van der Waals surface area contributed by atoms with Crippen molar-refractivity contribution in [3.05, 3.63) is 22.7 Å². The fourth-order valence-electron chi connectivity index (χ4n) is 2.99. The molecule has 0 radical (unpaired) electrons. The van der Waals surface area contributed by atoms with E-state index in [0.29, 0.717) is 48.3 Å². The van der Waals surface area contributed by atoms with Gasteiger partial charge >= 0.3 is 0 Å². The van der Waals surface area contributed by atoms with Gasteiger partial charge in [-0.1, -0.05) is 11.6 Å². The number of rotatable bonds is 3. The molecule has 3 rings (SSSR count). The molecule has 0 aliphatic carbocycles. The minimum atomic E-state index is -3.05. The number of carbonyl (C=O) groups is 1. The molecule has 0 aromatic heterocycles. The van der Waals surface area contributed by atoms with Crippen LogP contribution in [-0.4, -0.2) is 56.5 Å². The Kier molecular flexibility index (Phi) is 4.42. The third-order valence-corrected chi connectivity index (χ3v) is 6.13. The molecule has 0 N–H and O–H groups in total. The maximum absolute atomic E-state index is 12.8. The SMILES string of the molecule is CCN(C(=O)c1cc(Cl)c2c(c1)OCCO2)C1CCS(=O)(=O)C1. The summed E-state index contributed by atoms with van der Waals surface area (Å²) in [5.41, 5.74) is 0.380. The molecule has 126 valence electrons. The highest BCUT2D eigenvalue weighted by atomic mass is 35.5. The number of ether oxygens (including phenoxy) is 2. The molecule has 1 unspecified atom stereocenters. The lowest BCUT2D eigenvalue weighted by Crippen LogP contribution is -2.41. The molecule has 8 heteroatoms. The van der Waals surface area contributed by atoms with E-state index in [1.165, 1.54) is 0 Å². The zero-order valence-electron chi connectivity index (χ0n) is 12.7. The Morgan fingerprint density at radius 1 is 1.35 bits per heavy atom. The van der Waals surface area contributed by atoms with Crippen molar-refractivity contribution >= 4 is 27.3 Å². The fourth-order valence-corrected chi connectivity index (χ4v) is 4.98. The third-order valence-electron chi connectivity index (χ3n) is 4.09. The number of fused-ring (bicyclic) bond motifs is 1. The molecule has 1 saturated heterocycles. The molecule has 1 atom stereocenters. The van der Waals surface area contributed by atoms with Gasteiger partial charge in [0.2, 0.25) is 0 Å². The number of hydrogen-bond acceptors (Lipinski definition) is 5. The van der Waals surface area contributed by atoms with Crippen LogP contribution >= 0.6 is 11.6 Å². The first-order valence-electron chi connectivity index (χ1n) is 7.52. The molecule has 0 spiro atoms. The van der Waals surface area contributed by atoms with Crippen LogP contribution in [0.3, 0.4) is 0 Å². The van der Waals surface area contributed by atoms with Gasteiger partial charge in [-0.3, -0.25) is 4.79 Å². The lowest BCUT2D eigenvalue weighted by molar-refractivity contribution is 0.0707. The molecule has 2 heterocycles. The van der Waals surface area contributed by atoms with Gasteiger partial charge in [0.1, 0.15) is 13.2 Å². The first-order valence-corrected chi connectivity index (χ1v) is 9.72. The number of sulfone groups is 1. The summed E-state index contributed by atoms with van der Waals surface area (Å²) in [6.45, 7) is 3.09. The van der Waals surface area contributed by atoms with Crippen LogP contribution in [0.25, 0.3) is 0 Å². The number of hydrogen-bond donors (Lipinski definition) is 0. The molecular weight excluding hydrogens is 342 g/mol. The fraction of sp³-hybridized carbons (Fsp3) is 0.533. The van der Waals surface area contributed by atoms with Gasteiger partial charge in [0.05, 0.1) is 16.5 Å². The van der Waals surface area contributed by atoms with Gasteiger partial charge in [-0.25, -0.2) is 8.42 Å². The molecule has 1 fully saturated rings. The molecule has 0 saturated carbocycles. The molecule has 2 aliphatic rings. The van der Waals surface area contributed by atoms with Crippen molar-refractivity contribution in [3.63, 3.8) is 0 Å². The quantitative estimate of drug-likeness (QED) is 0.822. The highest BCUT2D eigenvalue weighted by Gasteiger charge is 2.34. The highest BCUT2D eigenvalue weighted by Crippen LogP contribution is 2.38. The van der Waals surface area contributed by atoms with Crippen LogP contribution in [0.1, 0.15) is 23.7 Å². The molecule has 1 aromatic carbocycles. The standard InChI is InChI=1S/C15H18ClNO5S/c1-2-17(11-3-6-23(19,20)9-11)15(18)10-7-12(16)14-13(8-10)21-4-5-22-14/h7-8,11H,2-6,9H2,1H3. The summed E-state index contributed by atoms with van der Waals surface area (Å²) < 4.78 is 34.3. The minimum absolute atomic E-state index is 0.0187. The average Bonchev–Trinajstić information content (AvgIpc) is 2.87. The Labute approximate surface area is 140 Å². The van der Waals surface area contributed by atoms with Gasteiger partial charge in [0.25, 0.3) is 5.91 Å². The Hall–Kier alpha value is -1.47. The minimum Gasteiger partial charge on any atom is -0.486 e. The lowest BCUT2D eigenvalue weighted by atomic mass is 10.1. The molecule has 1 amide bonds.